The van der Waals surface area contributed by atoms with Crippen LogP contribution in [0.2, 0.25) is 0 Å². The Labute approximate surface area is 58.4 Å². The molecule has 0 unspecified atom stereocenters. The van der Waals surface area contributed by atoms with Gasteiger partial charge in [0.2, 0.25) is 1.61 Å². The molecule has 0 aromatic carbocycles. The SMILES string of the molecule is CC([O])(I)I. The zero-order valence-corrected chi connectivity index (χ0v) is 6.98. The first-order valence-corrected chi connectivity index (χ1v) is 3.24. The van der Waals surface area contributed by atoms with Crippen molar-refractivity contribution in [3.63, 3.8) is 0 Å². The zero-order valence-electron chi connectivity index (χ0n) is 2.66. The molecule has 0 aromatic heterocycles. The van der Waals surface area contributed by atoms with Crippen LogP contribution in [-0.2, 0) is 5.11 Å². The maximum absolute atomic E-state index is 10.1. The number of halogens is 2. The topological polar surface area (TPSA) is 19.9 Å². The molecule has 0 aliphatic rings. The molecule has 5 heavy (non-hydrogen) atoms. The Kier molecular flexibility index (Phi) is 2.47. The molecule has 0 amide bonds. The van der Waals surface area contributed by atoms with E-state index in [9.17, 15) is 5.11 Å². The van der Waals surface area contributed by atoms with Crippen LogP contribution in [0.15, 0.2) is 0 Å². The molecule has 0 heterocycles. The third-order valence-corrected chi connectivity index (χ3v) is 0. The number of rotatable bonds is 0. The first-order valence-electron chi connectivity index (χ1n) is 1.08. The van der Waals surface area contributed by atoms with E-state index >= 15 is 0 Å². The van der Waals surface area contributed by atoms with Crippen LogP contribution < -0.4 is 0 Å². The monoisotopic (exact) mass is 297 g/mol. The van der Waals surface area contributed by atoms with E-state index in [1.165, 1.54) is 0 Å². The molecule has 1 nitrogen and oxygen atoms in total. The average molecular weight is 297 g/mol. The van der Waals surface area contributed by atoms with Gasteiger partial charge in [-0.25, -0.2) is 5.11 Å². The third kappa shape index (κ3) is 31.4. The van der Waals surface area contributed by atoms with Gasteiger partial charge in [-0.1, -0.05) is 0 Å². The van der Waals surface area contributed by atoms with Crippen molar-refractivity contribution in [2.45, 2.75) is 8.54 Å². The van der Waals surface area contributed by atoms with Gasteiger partial charge in [-0.3, -0.25) is 0 Å². The number of alkyl halides is 2. The fraction of sp³-hybridized carbons (Fsp3) is 1.00. The Bertz CT molecular complexity index is 23.1. The van der Waals surface area contributed by atoms with Crippen LogP contribution in [0.4, 0.5) is 0 Å². The summed E-state index contributed by atoms with van der Waals surface area (Å²) in [6.07, 6.45) is 0. The number of hydrogen-bond acceptors (Lipinski definition) is 0. The normalized spacial score (nSPS) is 12.0. The van der Waals surface area contributed by atoms with E-state index in [1.807, 2.05) is 45.2 Å². The second kappa shape index (κ2) is 1.92. The van der Waals surface area contributed by atoms with Crippen molar-refractivity contribution in [3.8, 4) is 0 Å². The molecular weight excluding hydrogens is 294 g/mol. The van der Waals surface area contributed by atoms with Crippen molar-refractivity contribution in [1.82, 2.24) is 0 Å². The van der Waals surface area contributed by atoms with Crippen molar-refractivity contribution < 1.29 is 5.11 Å². The molecule has 0 bridgehead atoms. The molecule has 0 fully saturated rings. The Morgan fingerprint density at radius 3 is 1.60 bits per heavy atom. The molecule has 0 aliphatic carbocycles. The van der Waals surface area contributed by atoms with Crippen molar-refractivity contribution in [2.75, 3.05) is 0 Å². The van der Waals surface area contributed by atoms with Gasteiger partial charge >= 0.3 is 0 Å². The van der Waals surface area contributed by atoms with E-state index < -0.39 is 1.61 Å². The van der Waals surface area contributed by atoms with Gasteiger partial charge in [0, 0.05) is 0 Å². The molecule has 3 heteroatoms. The highest BCUT2D eigenvalue weighted by Crippen LogP contribution is 2.22. The van der Waals surface area contributed by atoms with Gasteiger partial charge in [0.1, 0.15) is 0 Å². The van der Waals surface area contributed by atoms with Crippen molar-refractivity contribution in [2.24, 2.45) is 0 Å². The van der Waals surface area contributed by atoms with Crippen LogP contribution in [0.5, 0.6) is 0 Å². The second-order valence-corrected chi connectivity index (χ2v) is 6.99. The minimum absolute atomic E-state index is 0.810. The van der Waals surface area contributed by atoms with Gasteiger partial charge < -0.3 is 0 Å². The van der Waals surface area contributed by atoms with Crippen LogP contribution in [0.1, 0.15) is 6.92 Å². The van der Waals surface area contributed by atoms with Crippen molar-refractivity contribution >= 4 is 45.2 Å². The quantitative estimate of drug-likeness (QED) is 0.481. The highest BCUT2D eigenvalue weighted by molar-refractivity contribution is 14.2. The third-order valence-electron chi connectivity index (χ3n) is 0. The van der Waals surface area contributed by atoms with E-state index in [2.05, 4.69) is 0 Å². The summed E-state index contributed by atoms with van der Waals surface area (Å²) in [6, 6.07) is 0. The number of hydrogen-bond donors (Lipinski definition) is 0. The minimum atomic E-state index is -0.810. The lowest BCUT2D eigenvalue weighted by Crippen LogP contribution is -1.94. The van der Waals surface area contributed by atoms with Gasteiger partial charge in [0.25, 0.3) is 0 Å². The lowest BCUT2D eigenvalue weighted by atomic mass is 10.9. The van der Waals surface area contributed by atoms with Crippen LogP contribution in [0, 0.1) is 0 Å². The average Bonchev–Trinajstić information content (AvgIpc) is 0.722. The molecule has 0 N–H and O–H groups in total. The summed E-state index contributed by atoms with van der Waals surface area (Å²) >= 11 is 3.62. The van der Waals surface area contributed by atoms with E-state index in [-0.39, 0.29) is 0 Å². The smallest absolute Gasteiger partial charge is 0.201 e. The van der Waals surface area contributed by atoms with Crippen LogP contribution in [-0.4, -0.2) is 1.61 Å². The van der Waals surface area contributed by atoms with Crippen molar-refractivity contribution in [1.29, 1.82) is 0 Å². The zero-order chi connectivity index (χ0) is 4.50. The van der Waals surface area contributed by atoms with Gasteiger partial charge in [0.15, 0.2) is 0 Å². The van der Waals surface area contributed by atoms with Gasteiger partial charge in [-0.2, -0.15) is 0 Å². The van der Waals surface area contributed by atoms with Crippen molar-refractivity contribution in [3.05, 3.63) is 0 Å². The molecular formula is C2H3I2O. The molecule has 31 valence electrons. The predicted molar refractivity (Wildman–Crippen MR) is 37.1 cm³/mol. The van der Waals surface area contributed by atoms with E-state index in [0.29, 0.717) is 0 Å². The lowest BCUT2D eigenvalue weighted by molar-refractivity contribution is 0.181. The molecule has 0 spiro atoms. The Morgan fingerprint density at radius 1 is 1.60 bits per heavy atom. The van der Waals surface area contributed by atoms with E-state index in [0.717, 1.165) is 0 Å². The standard InChI is InChI=1S/C2H3I2O/c1-2(3,4)5/h1H3. The minimum Gasteiger partial charge on any atom is -0.207 e. The predicted octanol–water partition coefficient (Wildman–Crippen LogP) is 1.96. The van der Waals surface area contributed by atoms with Gasteiger partial charge in [-0.15, -0.1) is 0 Å². The highest BCUT2D eigenvalue weighted by atomic mass is 127. The summed E-state index contributed by atoms with van der Waals surface area (Å²) in [5.41, 5.74) is 0. The second-order valence-electron chi connectivity index (χ2n) is 0.808. The fourth-order valence-corrected chi connectivity index (χ4v) is 0. The molecule has 0 saturated carbocycles. The lowest BCUT2D eigenvalue weighted by Gasteiger charge is -1.94. The Hall–Kier alpha value is 1.42. The van der Waals surface area contributed by atoms with Crippen LogP contribution >= 0.6 is 45.2 Å². The summed E-state index contributed by atoms with van der Waals surface area (Å²) in [6.45, 7) is 1.61. The molecule has 0 rings (SSSR count). The molecule has 1 radical (unpaired) electrons. The maximum Gasteiger partial charge on any atom is 0.201 e. The van der Waals surface area contributed by atoms with Gasteiger partial charge in [-0.05, 0) is 52.1 Å². The summed E-state index contributed by atoms with van der Waals surface area (Å²) in [7, 11) is 0. The van der Waals surface area contributed by atoms with E-state index in [4.69, 9.17) is 0 Å². The fourth-order valence-electron chi connectivity index (χ4n) is 0. The maximum atomic E-state index is 10.1. The largest absolute Gasteiger partial charge is 0.207 e. The van der Waals surface area contributed by atoms with Crippen LogP contribution in [0.3, 0.4) is 0 Å². The molecule has 0 aliphatic heterocycles. The molecule has 0 aromatic rings. The van der Waals surface area contributed by atoms with Gasteiger partial charge in [0.05, 0.1) is 0 Å². The Morgan fingerprint density at radius 2 is 1.60 bits per heavy atom. The highest BCUT2D eigenvalue weighted by Gasteiger charge is 2.07. The first-order chi connectivity index (χ1) is 2.00. The Balaban J connectivity index is 3.02. The van der Waals surface area contributed by atoms with E-state index in [1.54, 1.807) is 6.92 Å². The first kappa shape index (κ1) is 6.42. The summed E-state index contributed by atoms with van der Waals surface area (Å²) in [5, 5.41) is 10.1. The molecule has 0 saturated heterocycles. The molecule has 0 atom stereocenters. The van der Waals surface area contributed by atoms with Crippen LogP contribution in [0.25, 0.3) is 0 Å². The summed E-state index contributed by atoms with van der Waals surface area (Å²) in [5.74, 6) is 0. The summed E-state index contributed by atoms with van der Waals surface area (Å²) < 4.78 is -0.810. The summed E-state index contributed by atoms with van der Waals surface area (Å²) in [4.78, 5) is 0.